The van der Waals surface area contributed by atoms with Gasteiger partial charge in [0.2, 0.25) is 10.0 Å². The number of rotatable bonds is 7. The maximum atomic E-state index is 13.5. The lowest BCUT2D eigenvalue weighted by Crippen LogP contribution is -2.47. The van der Waals surface area contributed by atoms with Crippen molar-refractivity contribution in [3.63, 3.8) is 0 Å². The highest BCUT2D eigenvalue weighted by atomic mass is 32.2. The predicted octanol–water partition coefficient (Wildman–Crippen LogP) is 0.600. The molecule has 0 spiro atoms. The molecule has 0 aromatic heterocycles. The minimum Gasteiger partial charge on any atom is -0.455 e. The van der Waals surface area contributed by atoms with Crippen molar-refractivity contribution in [2.45, 2.75) is 36.1 Å². The summed E-state index contributed by atoms with van der Waals surface area (Å²) in [6, 6.07) is 6.77. The molecule has 1 aliphatic rings. The summed E-state index contributed by atoms with van der Waals surface area (Å²) in [5.41, 5.74) is -0.935. The molecule has 140 valence electrons. The van der Waals surface area contributed by atoms with Gasteiger partial charge in [-0.05, 0) is 37.8 Å². The molecule has 0 saturated heterocycles. The van der Waals surface area contributed by atoms with Crippen LogP contribution in [0.3, 0.4) is 0 Å². The Morgan fingerprint density at radius 3 is 2.54 bits per heavy atom. The second kappa shape index (κ2) is 8.25. The normalized spacial score (nSPS) is 15.8. The maximum absolute atomic E-state index is 13.5. The number of nitrogens with zero attached hydrogens (tertiary/aromatic N) is 1. The minimum atomic E-state index is -4.23. The van der Waals surface area contributed by atoms with Crippen molar-refractivity contribution in [2.75, 3.05) is 13.2 Å². The van der Waals surface area contributed by atoms with Gasteiger partial charge in [-0.15, -0.1) is 0 Å². The number of ether oxygens (including phenoxy) is 1. The number of halogens is 1. The van der Waals surface area contributed by atoms with E-state index in [2.05, 4.69) is 16.1 Å². The Morgan fingerprint density at radius 2 is 1.92 bits per heavy atom. The molecule has 0 heterocycles. The fourth-order valence-electron chi connectivity index (χ4n) is 2.64. The molecule has 0 aliphatic heterocycles. The van der Waals surface area contributed by atoms with Gasteiger partial charge in [0.25, 0.3) is 5.91 Å². The number of nitrogens with one attached hydrogen (secondary N) is 2. The molecular formula is C16H18FN3O5S. The molecule has 1 aliphatic carbocycles. The summed E-state index contributed by atoms with van der Waals surface area (Å²) < 4.78 is 44.0. The summed E-state index contributed by atoms with van der Waals surface area (Å²) in [5.74, 6) is -2.60. The third kappa shape index (κ3) is 5.00. The van der Waals surface area contributed by atoms with Gasteiger partial charge in [-0.25, -0.2) is 12.8 Å². The molecule has 1 aromatic carbocycles. The Balaban J connectivity index is 1.81. The van der Waals surface area contributed by atoms with Crippen LogP contribution in [-0.2, 0) is 24.3 Å². The molecule has 2 N–H and O–H groups in total. The van der Waals surface area contributed by atoms with Crippen LogP contribution in [0.1, 0.15) is 25.7 Å². The van der Waals surface area contributed by atoms with E-state index in [1.54, 1.807) is 0 Å². The second-order valence-electron chi connectivity index (χ2n) is 5.86. The van der Waals surface area contributed by atoms with E-state index in [1.807, 2.05) is 4.72 Å². The number of hydrogen-bond acceptors (Lipinski definition) is 6. The molecule has 1 aromatic rings. The molecule has 0 atom stereocenters. The zero-order valence-electron chi connectivity index (χ0n) is 13.8. The number of benzene rings is 1. The average Bonchev–Trinajstić information content (AvgIpc) is 3.07. The Morgan fingerprint density at radius 1 is 1.27 bits per heavy atom. The number of sulfonamides is 1. The molecule has 1 amide bonds. The monoisotopic (exact) mass is 383 g/mol. The highest BCUT2D eigenvalue weighted by molar-refractivity contribution is 7.89. The van der Waals surface area contributed by atoms with Gasteiger partial charge in [0.15, 0.2) is 6.61 Å². The summed E-state index contributed by atoms with van der Waals surface area (Å²) in [7, 11) is -4.23. The van der Waals surface area contributed by atoms with E-state index in [4.69, 9.17) is 5.26 Å². The molecule has 8 nitrogen and oxygen atoms in total. The summed E-state index contributed by atoms with van der Waals surface area (Å²) >= 11 is 0. The van der Waals surface area contributed by atoms with Crippen LogP contribution in [0.25, 0.3) is 0 Å². The van der Waals surface area contributed by atoms with Crippen LogP contribution >= 0.6 is 0 Å². The van der Waals surface area contributed by atoms with Crippen molar-refractivity contribution in [1.82, 2.24) is 10.0 Å². The largest absolute Gasteiger partial charge is 0.455 e. The van der Waals surface area contributed by atoms with Crippen molar-refractivity contribution in [3.8, 4) is 6.07 Å². The maximum Gasteiger partial charge on any atom is 0.321 e. The van der Waals surface area contributed by atoms with Crippen molar-refractivity contribution < 1.29 is 27.1 Å². The van der Waals surface area contributed by atoms with Crippen LogP contribution in [0, 0.1) is 17.1 Å². The fraction of sp³-hybridized carbons (Fsp3) is 0.438. The van der Waals surface area contributed by atoms with Crippen molar-refractivity contribution in [1.29, 1.82) is 5.26 Å². The first-order valence-corrected chi connectivity index (χ1v) is 9.38. The first-order chi connectivity index (χ1) is 12.3. The van der Waals surface area contributed by atoms with Gasteiger partial charge in [-0.2, -0.15) is 9.98 Å². The lowest BCUT2D eigenvalue weighted by molar-refractivity contribution is -0.147. The number of carbonyl (C=O) groups excluding carboxylic acids is 2. The zero-order chi connectivity index (χ0) is 19.2. The van der Waals surface area contributed by atoms with E-state index in [0.29, 0.717) is 12.8 Å². The summed E-state index contributed by atoms with van der Waals surface area (Å²) in [4.78, 5) is 22.8. The van der Waals surface area contributed by atoms with Gasteiger partial charge >= 0.3 is 5.97 Å². The fourth-order valence-corrected chi connectivity index (χ4v) is 3.68. The van der Waals surface area contributed by atoms with E-state index in [-0.39, 0.29) is 0 Å². The van der Waals surface area contributed by atoms with Crippen LogP contribution in [0.15, 0.2) is 29.2 Å². The van der Waals surface area contributed by atoms with Gasteiger partial charge in [0.1, 0.15) is 22.8 Å². The second-order valence-corrected chi connectivity index (χ2v) is 7.60. The highest BCUT2D eigenvalue weighted by Gasteiger charge is 2.35. The molecule has 0 unspecified atom stereocenters. The van der Waals surface area contributed by atoms with Crippen molar-refractivity contribution >= 4 is 21.9 Å². The third-order valence-corrected chi connectivity index (χ3v) is 5.38. The van der Waals surface area contributed by atoms with Gasteiger partial charge in [0, 0.05) is 0 Å². The van der Waals surface area contributed by atoms with Gasteiger partial charge < -0.3 is 10.1 Å². The summed E-state index contributed by atoms with van der Waals surface area (Å²) in [6.07, 6.45) is 2.72. The Hall–Kier alpha value is -2.51. The molecular weight excluding hydrogens is 365 g/mol. The van der Waals surface area contributed by atoms with Gasteiger partial charge in [0.05, 0.1) is 6.07 Å². The summed E-state index contributed by atoms with van der Waals surface area (Å²) in [5, 5.41) is 11.7. The quantitative estimate of drug-likeness (QED) is 0.664. The lowest BCUT2D eigenvalue weighted by atomic mass is 10.00. The lowest BCUT2D eigenvalue weighted by Gasteiger charge is -2.21. The van der Waals surface area contributed by atoms with Crippen molar-refractivity contribution in [2.24, 2.45) is 0 Å². The van der Waals surface area contributed by atoms with E-state index in [1.165, 1.54) is 12.1 Å². The Labute approximate surface area is 150 Å². The van der Waals surface area contributed by atoms with Crippen LogP contribution in [0.2, 0.25) is 0 Å². The van der Waals surface area contributed by atoms with E-state index in [9.17, 15) is 22.4 Å². The first-order valence-electron chi connectivity index (χ1n) is 7.90. The molecule has 1 fully saturated rings. The number of nitriles is 1. The van der Waals surface area contributed by atoms with Gasteiger partial charge in [-0.1, -0.05) is 12.1 Å². The van der Waals surface area contributed by atoms with Crippen LogP contribution in [-0.4, -0.2) is 39.0 Å². The minimum absolute atomic E-state index is 0.533. The average molecular weight is 383 g/mol. The standard InChI is InChI=1S/C16H18FN3O5S/c17-12-5-1-2-6-13(12)26(23,24)19-9-15(22)25-10-14(21)20-16(11-18)7-3-4-8-16/h1-2,5-6,19H,3-4,7-10H2,(H,20,21). The topological polar surface area (TPSA) is 125 Å². The molecule has 1 saturated carbocycles. The van der Waals surface area contributed by atoms with E-state index in [0.717, 1.165) is 25.0 Å². The summed E-state index contributed by atoms with van der Waals surface area (Å²) in [6.45, 7) is -1.39. The molecule has 10 heteroatoms. The Bertz CT molecular complexity index is 829. The SMILES string of the molecule is N#CC1(NC(=O)COC(=O)CNS(=O)(=O)c2ccccc2F)CCCC1. The van der Waals surface area contributed by atoms with Crippen LogP contribution in [0.5, 0.6) is 0 Å². The van der Waals surface area contributed by atoms with Crippen LogP contribution in [0.4, 0.5) is 4.39 Å². The number of amides is 1. The van der Waals surface area contributed by atoms with E-state index < -0.39 is 51.3 Å². The number of hydrogen-bond donors (Lipinski definition) is 2. The van der Waals surface area contributed by atoms with Crippen molar-refractivity contribution in [3.05, 3.63) is 30.1 Å². The van der Waals surface area contributed by atoms with E-state index >= 15 is 0 Å². The van der Waals surface area contributed by atoms with Gasteiger partial charge in [-0.3, -0.25) is 9.59 Å². The highest BCUT2D eigenvalue weighted by Crippen LogP contribution is 2.28. The third-order valence-electron chi connectivity index (χ3n) is 3.95. The molecule has 2 rings (SSSR count). The zero-order valence-corrected chi connectivity index (χ0v) is 14.6. The first kappa shape index (κ1) is 19.8. The Kier molecular flexibility index (Phi) is 6.28. The molecule has 26 heavy (non-hydrogen) atoms. The number of carbonyl (C=O) groups is 2. The predicted molar refractivity (Wildman–Crippen MR) is 87.5 cm³/mol. The molecule has 0 radical (unpaired) electrons. The number of esters is 1. The smallest absolute Gasteiger partial charge is 0.321 e. The molecule has 0 bridgehead atoms. The van der Waals surface area contributed by atoms with Crippen LogP contribution < -0.4 is 10.0 Å².